The maximum absolute atomic E-state index is 13.0. The minimum Gasteiger partial charge on any atom is -0.480 e. The third-order valence-electron chi connectivity index (χ3n) is 5.29. The summed E-state index contributed by atoms with van der Waals surface area (Å²) in [6.45, 7) is -0.190. The molecule has 2 aromatic carbocycles. The molecule has 27 heavy (non-hydrogen) atoms. The minimum absolute atomic E-state index is 0.0800. The minimum atomic E-state index is -0.939. The molecule has 1 fully saturated rings. The molecule has 0 spiro atoms. The van der Waals surface area contributed by atoms with Gasteiger partial charge in [0.1, 0.15) is 6.54 Å². The van der Waals surface area contributed by atoms with Gasteiger partial charge in [0.15, 0.2) is 5.43 Å². The number of pyridine rings is 1. The van der Waals surface area contributed by atoms with Gasteiger partial charge in [0, 0.05) is 22.3 Å². The number of carbonyl (C=O) groups is 1. The van der Waals surface area contributed by atoms with Gasteiger partial charge in [-0.25, -0.2) is 0 Å². The van der Waals surface area contributed by atoms with Crippen LogP contribution in [0, 0.1) is 17.8 Å². The van der Waals surface area contributed by atoms with Crippen molar-refractivity contribution in [1.82, 2.24) is 4.57 Å². The van der Waals surface area contributed by atoms with Crippen molar-refractivity contribution in [2.75, 3.05) is 0 Å². The Hall–Kier alpha value is -3.06. The van der Waals surface area contributed by atoms with Crippen molar-refractivity contribution in [3.63, 3.8) is 0 Å². The largest absolute Gasteiger partial charge is 0.480 e. The Kier molecular flexibility index (Phi) is 4.68. The zero-order valence-corrected chi connectivity index (χ0v) is 15.1. The predicted octanol–water partition coefficient (Wildman–Crippen LogP) is 4.17. The highest BCUT2D eigenvalue weighted by Crippen LogP contribution is 2.23. The highest BCUT2D eigenvalue weighted by molar-refractivity contribution is 5.95. The van der Waals surface area contributed by atoms with E-state index in [1.165, 1.54) is 19.3 Å². The molecule has 0 unspecified atom stereocenters. The molecule has 4 nitrogen and oxygen atoms in total. The van der Waals surface area contributed by atoms with E-state index < -0.39 is 5.97 Å². The summed E-state index contributed by atoms with van der Waals surface area (Å²) in [6, 6.07) is 12.6. The van der Waals surface area contributed by atoms with Crippen LogP contribution in [0.2, 0.25) is 0 Å². The van der Waals surface area contributed by atoms with Crippen LogP contribution in [0.25, 0.3) is 21.8 Å². The monoisotopic (exact) mass is 359 g/mol. The predicted molar refractivity (Wildman–Crippen MR) is 107 cm³/mol. The van der Waals surface area contributed by atoms with E-state index >= 15 is 0 Å². The Morgan fingerprint density at radius 3 is 2.56 bits per heavy atom. The fraction of sp³-hybridized carbons (Fsp3) is 0.304. The average Bonchev–Trinajstić information content (AvgIpc) is 2.70. The van der Waals surface area contributed by atoms with E-state index in [0.717, 1.165) is 18.4 Å². The Morgan fingerprint density at radius 2 is 1.78 bits per heavy atom. The van der Waals surface area contributed by atoms with E-state index in [2.05, 4.69) is 11.8 Å². The number of nitrogens with zero attached hydrogens (tertiary/aromatic N) is 1. The van der Waals surface area contributed by atoms with Crippen molar-refractivity contribution in [2.45, 2.75) is 38.6 Å². The second kappa shape index (κ2) is 7.28. The van der Waals surface area contributed by atoms with Crippen molar-refractivity contribution < 1.29 is 9.90 Å². The lowest BCUT2D eigenvalue weighted by Gasteiger charge is -2.15. The second-order valence-electron chi connectivity index (χ2n) is 7.16. The van der Waals surface area contributed by atoms with Gasteiger partial charge in [-0.1, -0.05) is 43.2 Å². The molecule has 1 N–H and O–H groups in total. The summed E-state index contributed by atoms with van der Waals surface area (Å²) in [5.41, 5.74) is 1.99. The fourth-order valence-electron chi connectivity index (χ4n) is 3.94. The van der Waals surface area contributed by atoms with Crippen LogP contribution in [0.3, 0.4) is 0 Å². The lowest BCUT2D eigenvalue weighted by Crippen LogP contribution is -2.16. The van der Waals surface area contributed by atoms with Crippen LogP contribution >= 0.6 is 0 Å². The second-order valence-corrected chi connectivity index (χ2v) is 7.16. The third-order valence-corrected chi connectivity index (χ3v) is 5.29. The quantitative estimate of drug-likeness (QED) is 0.552. The number of benzene rings is 2. The fourth-order valence-corrected chi connectivity index (χ4v) is 3.94. The first-order valence-electron chi connectivity index (χ1n) is 9.42. The van der Waals surface area contributed by atoms with Gasteiger partial charge in [0.25, 0.3) is 0 Å². The smallest absolute Gasteiger partial charge is 0.323 e. The first-order valence-corrected chi connectivity index (χ1v) is 9.42. The van der Waals surface area contributed by atoms with E-state index in [9.17, 15) is 14.7 Å². The zero-order valence-electron chi connectivity index (χ0n) is 15.1. The number of hydrogen-bond acceptors (Lipinski definition) is 2. The molecule has 4 rings (SSSR count). The van der Waals surface area contributed by atoms with Crippen molar-refractivity contribution in [2.24, 2.45) is 5.92 Å². The lowest BCUT2D eigenvalue weighted by molar-refractivity contribution is -0.137. The van der Waals surface area contributed by atoms with Crippen LogP contribution in [0.1, 0.15) is 37.7 Å². The van der Waals surface area contributed by atoms with E-state index in [1.54, 1.807) is 28.8 Å². The van der Waals surface area contributed by atoms with Crippen LogP contribution in [0.4, 0.5) is 0 Å². The molecule has 1 aliphatic rings. The van der Waals surface area contributed by atoms with Crippen molar-refractivity contribution in [1.29, 1.82) is 0 Å². The van der Waals surface area contributed by atoms with Crippen LogP contribution in [-0.2, 0) is 11.3 Å². The van der Waals surface area contributed by atoms with Crippen LogP contribution in [0.15, 0.2) is 47.3 Å². The van der Waals surface area contributed by atoms with Crippen molar-refractivity contribution in [3.8, 4) is 11.8 Å². The number of hydrogen-bond donors (Lipinski definition) is 1. The molecule has 1 aromatic heterocycles. The number of para-hydroxylation sites is 1. The molecular formula is C23H21NO3. The molecule has 1 saturated carbocycles. The average molecular weight is 359 g/mol. The molecule has 1 heterocycles. The molecule has 0 saturated heterocycles. The summed E-state index contributed by atoms with van der Waals surface area (Å²) in [5.74, 6) is 6.08. The number of rotatable bonds is 2. The van der Waals surface area contributed by atoms with Crippen molar-refractivity contribution >= 4 is 27.8 Å². The maximum atomic E-state index is 13.0. The number of aliphatic carboxylic acids is 1. The molecular weight excluding hydrogens is 338 g/mol. The van der Waals surface area contributed by atoms with Gasteiger partial charge < -0.3 is 9.67 Å². The molecule has 4 heteroatoms. The van der Waals surface area contributed by atoms with Gasteiger partial charge in [-0.15, -0.1) is 0 Å². The molecule has 0 bridgehead atoms. The molecule has 0 radical (unpaired) electrons. The van der Waals surface area contributed by atoms with Gasteiger partial charge in [0.2, 0.25) is 0 Å². The Morgan fingerprint density at radius 1 is 1.04 bits per heavy atom. The van der Waals surface area contributed by atoms with Gasteiger partial charge >= 0.3 is 5.97 Å². The summed E-state index contributed by atoms with van der Waals surface area (Å²) < 4.78 is 1.69. The van der Waals surface area contributed by atoms with E-state index in [4.69, 9.17) is 0 Å². The number of carboxylic acids is 1. The highest BCUT2D eigenvalue weighted by Gasteiger charge is 2.13. The summed E-state index contributed by atoms with van der Waals surface area (Å²) >= 11 is 0. The first kappa shape index (κ1) is 17.4. The Balaban J connectivity index is 1.87. The molecule has 3 aromatic rings. The number of carboxylic acid groups (broad SMARTS) is 1. The zero-order chi connectivity index (χ0) is 18.8. The van der Waals surface area contributed by atoms with E-state index in [1.807, 2.05) is 18.2 Å². The standard InChI is InChI=1S/C23H21NO3/c25-22(26)15-24-20-9-5-4-8-18(20)23(27)19-14-17(12-13-21(19)24)11-10-16-6-2-1-3-7-16/h4-5,8-9,12-14,16H,1-3,6-7,15H2,(H,25,26). The number of aromatic nitrogens is 1. The lowest BCUT2D eigenvalue weighted by atomic mass is 9.89. The molecule has 1 aliphatic carbocycles. The van der Waals surface area contributed by atoms with Crippen molar-refractivity contribution in [3.05, 3.63) is 58.3 Å². The van der Waals surface area contributed by atoms with E-state index in [-0.39, 0.29) is 12.0 Å². The summed E-state index contributed by atoms with van der Waals surface area (Å²) in [6.07, 6.45) is 6.07. The Labute approximate surface area is 157 Å². The summed E-state index contributed by atoms with van der Waals surface area (Å²) in [5, 5.41) is 10.4. The highest BCUT2D eigenvalue weighted by atomic mass is 16.4. The first-order chi connectivity index (χ1) is 13.1. The molecule has 136 valence electrons. The van der Waals surface area contributed by atoms with Crippen LogP contribution in [-0.4, -0.2) is 15.6 Å². The van der Waals surface area contributed by atoms with Gasteiger partial charge in [-0.2, -0.15) is 0 Å². The van der Waals surface area contributed by atoms with Crippen LogP contribution < -0.4 is 5.43 Å². The Bertz CT molecular complexity index is 1140. The van der Waals surface area contributed by atoms with Crippen LogP contribution in [0.5, 0.6) is 0 Å². The topological polar surface area (TPSA) is 59.3 Å². The van der Waals surface area contributed by atoms with Gasteiger partial charge in [-0.05, 0) is 43.2 Å². The molecule has 0 aliphatic heterocycles. The summed E-state index contributed by atoms with van der Waals surface area (Å²) in [4.78, 5) is 24.3. The van der Waals surface area contributed by atoms with Gasteiger partial charge in [-0.3, -0.25) is 9.59 Å². The third kappa shape index (κ3) is 3.46. The SMILES string of the molecule is O=C(O)Cn1c2ccccc2c(=O)c2cc(C#CC3CCCCC3)ccc21. The maximum Gasteiger partial charge on any atom is 0.323 e. The summed E-state index contributed by atoms with van der Waals surface area (Å²) in [7, 11) is 0. The molecule has 0 amide bonds. The normalized spacial score (nSPS) is 14.8. The van der Waals surface area contributed by atoms with E-state index in [0.29, 0.717) is 27.7 Å². The number of fused-ring (bicyclic) bond motifs is 2. The van der Waals surface area contributed by atoms with Gasteiger partial charge in [0.05, 0.1) is 11.0 Å². The molecule has 0 atom stereocenters.